The van der Waals surface area contributed by atoms with Gasteiger partial charge in [0.15, 0.2) is 0 Å². The van der Waals surface area contributed by atoms with Crippen LogP contribution in [0.2, 0.25) is 0 Å². The maximum absolute atomic E-state index is 12.1. The molecule has 3 N–H and O–H groups in total. The second kappa shape index (κ2) is 5.78. The first kappa shape index (κ1) is 13.4. The average Bonchev–Trinajstić information content (AvgIpc) is 2.98. The van der Waals surface area contributed by atoms with E-state index < -0.39 is 12.1 Å². The predicted octanol–water partition coefficient (Wildman–Crippen LogP) is 0.178. The highest BCUT2D eigenvalue weighted by atomic mass is 16.2. The molecule has 2 atom stereocenters. The second-order valence-electron chi connectivity index (χ2n) is 5.09. The van der Waals surface area contributed by atoms with Crippen LogP contribution in [-0.4, -0.2) is 33.9 Å². The topological polar surface area (TPSA) is 86.9 Å². The summed E-state index contributed by atoms with van der Waals surface area (Å²) in [4.78, 5) is 31.1. The van der Waals surface area contributed by atoms with E-state index in [2.05, 4.69) is 20.6 Å². The van der Waals surface area contributed by atoms with Gasteiger partial charge in [-0.05, 0) is 5.56 Å². The lowest BCUT2D eigenvalue weighted by molar-refractivity contribution is -0.136. The van der Waals surface area contributed by atoms with E-state index in [0.29, 0.717) is 12.8 Å². The molecule has 21 heavy (non-hydrogen) atoms. The summed E-state index contributed by atoms with van der Waals surface area (Å²) in [6.07, 6.45) is 4.11. The third kappa shape index (κ3) is 3.10. The molecule has 1 saturated heterocycles. The van der Waals surface area contributed by atoms with Crippen LogP contribution >= 0.6 is 0 Å². The zero-order valence-corrected chi connectivity index (χ0v) is 11.4. The number of imidazole rings is 1. The molecule has 2 unspecified atom stereocenters. The maximum atomic E-state index is 12.1. The van der Waals surface area contributed by atoms with Crippen LogP contribution in [0, 0.1) is 0 Å². The minimum Gasteiger partial charge on any atom is -0.348 e. The van der Waals surface area contributed by atoms with E-state index in [9.17, 15) is 9.59 Å². The number of carbonyl (C=O) groups excluding carboxylic acids is 2. The molecule has 2 heterocycles. The first-order chi connectivity index (χ1) is 10.2. The van der Waals surface area contributed by atoms with E-state index in [-0.39, 0.29) is 11.8 Å². The van der Waals surface area contributed by atoms with Crippen molar-refractivity contribution in [1.29, 1.82) is 0 Å². The minimum atomic E-state index is -0.551. The number of H-pyrrole nitrogens is 1. The molecule has 6 nitrogen and oxygen atoms in total. The first-order valence-corrected chi connectivity index (χ1v) is 6.84. The molecule has 1 aliphatic rings. The summed E-state index contributed by atoms with van der Waals surface area (Å²) < 4.78 is 0. The number of piperazine rings is 1. The van der Waals surface area contributed by atoms with Crippen molar-refractivity contribution >= 4 is 11.8 Å². The molecule has 1 aromatic heterocycles. The Hall–Kier alpha value is -2.63. The lowest BCUT2D eigenvalue weighted by atomic mass is 10.0. The normalized spacial score (nSPS) is 21.7. The zero-order chi connectivity index (χ0) is 14.7. The van der Waals surface area contributed by atoms with Gasteiger partial charge in [0, 0.05) is 24.7 Å². The van der Waals surface area contributed by atoms with Crippen molar-refractivity contribution in [2.75, 3.05) is 0 Å². The molecule has 0 spiro atoms. The highest BCUT2D eigenvalue weighted by Gasteiger charge is 2.33. The molecular formula is C15H16N4O2. The Balaban J connectivity index is 1.64. The summed E-state index contributed by atoms with van der Waals surface area (Å²) in [5, 5.41) is 5.57. The van der Waals surface area contributed by atoms with E-state index >= 15 is 0 Å². The molecule has 0 bridgehead atoms. The largest absolute Gasteiger partial charge is 0.348 e. The number of benzene rings is 1. The van der Waals surface area contributed by atoms with Gasteiger partial charge in [0.2, 0.25) is 11.8 Å². The van der Waals surface area contributed by atoms with Gasteiger partial charge in [-0.15, -0.1) is 0 Å². The van der Waals surface area contributed by atoms with Gasteiger partial charge in [-0.2, -0.15) is 0 Å². The molecule has 1 aliphatic heterocycles. The molecule has 2 aromatic rings. The van der Waals surface area contributed by atoms with Crippen molar-refractivity contribution < 1.29 is 9.59 Å². The fraction of sp³-hybridized carbons (Fsp3) is 0.267. The van der Waals surface area contributed by atoms with Gasteiger partial charge in [-0.3, -0.25) is 9.59 Å². The van der Waals surface area contributed by atoms with Crippen molar-refractivity contribution in [1.82, 2.24) is 20.6 Å². The minimum absolute atomic E-state index is 0.150. The Morgan fingerprint density at radius 2 is 1.62 bits per heavy atom. The Kier molecular flexibility index (Phi) is 3.68. The number of aromatic nitrogens is 2. The molecule has 1 fully saturated rings. The Morgan fingerprint density at radius 1 is 0.952 bits per heavy atom. The number of carbonyl (C=O) groups is 2. The number of aromatic amines is 1. The van der Waals surface area contributed by atoms with Crippen LogP contribution in [0.1, 0.15) is 11.3 Å². The molecule has 6 heteroatoms. The highest BCUT2D eigenvalue weighted by Crippen LogP contribution is 2.09. The van der Waals surface area contributed by atoms with Crippen molar-refractivity contribution in [3.63, 3.8) is 0 Å². The first-order valence-electron chi connectivity index (χ1n) is 6.84. The Labute approximate surface area is 122 Å². The van der Waals surface area contributed by atoms with Crippen molar-refractivity contribution in [3.8, 4) is 0 Å². The molecule has 1 aromatic carbocycles. The molecule has 0 aliphatic carbocycles. The van der Waals surface area contributed by atoms with Crippen LogP contribution in [0.15, 0.2) is 42.9 Å². The lowest BCUT2D eigenvalue weighted by Gasteiger charge is -2.29. The average molecular weight is 284 g/mol. The van der Waals surface area contributed by atoms with Crippen LogP contribution in [0.25, 0.3) is 0 Å². The summed E-state index contributed by atoms with van der Waals surface area (Å²) in [7, 11) is 0. The Morgan fingerprint density at radius 3 is 2.24 bits per heavy atom. The van der Waals surface area contributed by atoms with E-state index in [1.165, 1.54) is 0 Å². The number of amides is 2. The number of nitrogens with zero attached hydrogens (tertiary/aromatic N) is 1. The summed E-state index contributed by atoms with van der Waals surface area (Å²) in [6, 6.07) is 8.57. The predicted molar refractivity (Wildman–Crippen MR) is 76.3 cm³/mol. The van der Waals surface area contributed by atoms with Crippen molar-refractivity contribution in [2.45, 2.75) is 24.9 Å². The highest BCUT2D eigenvalue weighted by molar-refractivity contribution is 5.97. The van der Waals surface area contributed by atoms with Gasteiger partial charge in [-0.25, -0.2) is 4.98 Å². The number of hydrogen-bond acceptors (Lipinski definition) is 3. The summed E-state index contributed by atoms with van der Waals surface area (Å²) in [5.41, 5.74) is 1.84. The smallest absolute Gasteiger partial charge is 0.243 e. The second-order valence-corrected chi connectivity index (χ2v) is 5.09. The molecule has 0 saturated carbocycles. The lowest BCUT2D eigenvalue weighted by Crippen LogP contribution is -2.62. The molecular weight excluding hydrogens is 268 g/mol. The van der Waals surface area contributed by atoms with E-state index in [0.717, 1.165) is 11.3 Å². The SMILES string of the molecule is O=C1NC(Cc2cnc[nH]2)C(=O)NC1Cc1ccccc1. The van der Waals surface area contributed by atoms with Crippen LogP contribution in [-0.2, 0) is 22.4 Å². The number of rotatable bonds is 4. The quantitative estimate of drug-likeness (QED) is 0.748. The van der Waals surface area contributed by atoms with Crippen LogP contribution in [0.3, 0.4) is 0 Å². The molecule has 0 radical (unpaired) electrons. The molecule has 108 valence electrons. The third-order valence-corrected chi connectivity index (χ3v) is 3.53. The van der Waals surface area contributed by atoms with Crippen LogP contribution in [0.4, 0.5) is 0 Å². The van der Waals surface area contributed by atoms with Gasteiger partial charge in [0.1, 0.15) is 12.1 Å². The third-order valence-electron chi connectivity index (χ3n) is 3.53. The van der Waals surface area contributed by atoms with E-state index in [1.54, 1.807) is 12.5 Å². The van der Waals surface area contributed by atoms with Crippen molar-refractivity contribution in [2.24, 2.45) is 0 Å². The van der Waals surface area contributed by atoms with Crippen LogP contribution < -0.4 is 10.6 Å². The fourth-order valence-electron chi connectivity index (χ4n) is 2.43. The summed E-state index contributed by atoms with van der Waals surface area (Å²) in [5.74, 6) is -0.312. The van der Waals surface area contributed by atoms with E-state index in [4.69, 9.17) is 0 Å². The van der Waals surface area contributed by atoms with Gasteiger partial charge >= 0.3 is 0 Å². The van der Waals surface area contributed by atoms with Gasteiger partial charge in [0.25, 0.3) is 0 Å². The summed E-state index contributed by atoms with van der Waals surface area (Å²) in [6.45, 7) is 0. The maximum Gasteiger partial charge on any atom is 0.243 e. The fourth-order valence-corrected chi connectivity index (χ4v) is 2.43. The number of hydrogen-bond donors (Lipinski definition) is 3. The zero-order valence-electron chi connectivity index (χ0n) is 11.4. The monoisotopic (exact) mass is 284 g/mol. The molecule has 2 amide bonds. The summed E-state index contributed by atoms with van der Waals surface area (Å²) >= 11 is 0. The Bertz CT molecular complexity index is 624. The molecule has 3 rings (SSSR count). The number of nitrogens with one attached hydrogen (secondary N) is 3. The van der Waals surface area contributed by atoms with Crippen molar-refractivity contribution in [3.05, 3.63) is 54.1 Å². The van der Waals surface area contributed by atoms with Gasteiger partial charge in [0.05, 0.1) is 6.33 Å². The standard InChI is InChI=1S/C15H16N4O2/c20-14-12(6-10-4-2-1-3-5-10)18-15(21)13(19-14)7-11-8-16-9-17-11/h1-5,8-9,12-13H,6-7H2,(H,16,17)(H,18,21)(H,19,20). The van der Waals surface area contributed by atoms with Gasteiger partial charge < -0.3 is 15.6 Å². The van der Waals surface area contributed by atoms with Gasteiger partial charge in [-0.1, -0.05) is 30.3 Å². The van der Waals surface area contributed by atoms with E-state index in [1.807, 2.05) is 30.3 Å². The van der Waals surface area contributed by atoms with Crippen LogP contribution in [0.5, 0.6) is 0 Å².